The highest BCUT2D eigenvalue weighted by atomic mass is 32.2. The zero-order valence-corrected chi connectivity index (χ0v) is 7.60. The van der Waals surface area contributed by atoms with Crippen LogP contribution in [0.3, 0.4) is 0 Å². The molecule has 4 heteroatoms. The summed E-state index contributed by atoms with van der Waals surface area (Å²) in [7, 11) is 0. The van der Waals surface area contributed by atoms with Gasteiger partial charge in [-0.25, -0.2) is 4.98 Å². The van der Waals surface area contributed by atoms with Crippen LogP contribution in [0.5, 0.6) is 0 Å². The lowest BCUT2D eigenvalue weighted by Crippen LogP contribution is -2.43. The summed E-state index contributed by atoms with van der Waals surface area (Å²) in [4.78, 5) is 3.14. The average molecular weight is 183 g/mol. The molecule has 0 saturated heterocycles. The Morgan fingerprint density at radius 2 is 2.42 bits per heavy atom. The average Bonchev–Trinajstić information content (AvgIpc) is 2.05. The fourth-order valence-corrected chi connectivity index (χ4v) is 1.42. The van der Waals surface area contributed by atoms with Gasteiger partial charge in [-0.05, 0) is 11.8 Å². The van der Waals surface area contributed by atoms with Crippen molar-refractivity contribution in [2.24, 2.45) is 5.73 Å². The first kappa shape index (κ1) is 9.06. The quantitative estimate of drug-likeness (QED) is 0.459. The van der Waals surface area contributed by atoms with E-state index in [0.29, 0.717) is 5.17 Å². The molecule has 0 unspecified atom stereocenters. The van der Waals surface area contributed by atoms with Crippen molar-refractivity contribution in [1.29, 1.82) is 0 Å². The summed E-state index contributed by atoms with van der Waals surface area (Å²) in [5.74, 6) is 0.919. The van der Waals surface area contributed by atoms with Crippen molar-refractivity contribution < 1.29 is 10.4 Å². The minimum Gasteiger partial charge on any atom is -0.282 e. The molecule has 0 fully saturated rings. The van der Waals surface area contributed by atoms with Crippen LogP contribution in [0.1, 0.15) is 5.69 Å². The molecule has 0 aromatic carbocycles. The first-order valence-electron chi connectivity index (χ1n) is 3.75. The van der Waals surface area contributed by atoms with Crippen LogP contribution in [-0.2, 0) is 6.42 Å². The number of amidine groups is 1. The number of nitrogens with two attached hydrogens (primary N) is 2. The van der Waals surface area contributed by atoms with Crippen molar-refractivity contribution in [3.05, 3.63) is 30.1 Å². The summed E-state index contributed by atoms with van der Waals surface area (Å²) < 4.78 is 0. The number of H-pyrrole nitrogens is 1. The summed E-state index contributed by atoms with van der Waals surface area (Å²) in [5.41, 5.74) is 6.50. The molecular weight excluding hydrogens is 170 g/mol. The zero-order chi connectivity index (χ0) is 8.81. The van der Waals surface area contributed by atoms with Gasteiger partial charge in [0.1, 0.15) is 0 Å². The van der Waals surface area contributed by atoms with E-state index in [2.05, 4.69) is 4.98 Å². The van der Waals surface area contributed by atoms with Gasteiger partial charge in [0.05, 0.1) is 0 Å². The molecule has 0 aliphatic rings. The number of aromatic nitrogens is 1. The maximum Gasteiger partial charge on any atom is 0.299 e. The van der Waals surface area contributed by atoms with Gasteiger partial charge in [0, 0.05) is 24.3 Å². The molecule has 0 bridgehead atoms. The van der Waals surface area contributed by atoms with Gasteiger partial charge < -0.3 is 0 Å². The molecule has 12 heavy (non-hydrogen) atoms. The van der Waals surface area contributed by atoms with Gasteiger partial charge in [-0.3, -0.25) is 11.1 Å². The van der Waals surface area contributed by atoms with Crippen LogP contribution >= 0.6 is 11.8 Å². The molecular formula is C8H13N3S+2. The molecule has 0 aliphatic heterocycles. The summed E-state index contributed by atoms with van der Waals surface area (Å²) in [5, 5.41) is 5.74. The lowest BCUT2D eigenvalue weighted by Gasteiger charge is -1.91. The maximum atomic E-state index is 5.30. The summed E-state index contributed by atoms with van der Waals surface area (Å²) >= 11 is 1.48. The van der Waals surface area contributed by atoms with E-state index in [1.165, 1.54) is 17.5 Å². The van der Waals surface area contributed by atoms with E-state index in [1.807, 2.05) is 24.4 Å². The molecule has 0 amide bonds. The molecule has 0 radical (unpaired) electrons. The van der Waals surface area contributed by atoms with Crippen molar-refractivity contribution in [1.82, 2.24) is 0 Å². The predicted molar refractivity (Wildman–Crippen MR) is 50.3 cm³/mol. The largest absolute Gasteiger partial charge is 0.299 e. The highest BCUT2D eigenvalue weighted by Gasteiger charge is 2.01. The Morgan fingerprint density at radius 3 is 3.00 bits per heavy atom. The lowest BCUT2D eigenvalue weighted by molar-refractivity contribution is -0.389. The van der Waals surface area contributed by atoms with Crippen molar-refractivity contribution in [2.75, 3.05) is 5.75 Å². The molecule has 0 atom stereocenters. The Hall–Kier alpha value is -1.03. The van der Waals surface area contributed by atoms with Gasteiger partial charge in [-0.1, -0.05) is 6.07 Å². The molecule has 0 aliphatic carbocycles. The molecule has 1 aromatic rings. The molecule has 1 rings (SSSR count). The van der Waals surface area contributed by atoms with Gasteiger partial charge in [-0.15, -0.1) is 0 Å². The van der Waals surface area contributed by atoms with Crippen molar-refractivity contribution >= 4 is 16.9 Å². The monoisotopic (exact) mass is 183 g/mol. The van der Waals surface area contributed by atoms with E-state index in [-0.39, 0.29) is 0 Å². The normalized spacial score (nSPS) is 9.67. The fraction of sp³-hybridized carbons (Fsp3) is 0.250. The minimum atomic E-state index is 0.436. The summed E-state index contributed by atoms with van der Waals surface area (Å²) in [6.45, 7) is 0. The lowest BCUT2D eigenvalue weighted by atomic mass is 10.3. The Balaban J connectivity index is 2.29. The fourth-order valence-electron chi connectivity index (χ4n) is 0.865. The van der Waals surface area contributed by atoms with Crippen LogP contribution in [0.4, 0.5) is 0 Å². The number of aromatic amines is 1. The van der Waals surface area contributed by atoms with Gasteiger partial charge in [0.25, 0.3) is 5.17 Å². The first-order chi connectivity index (χ1) is 5.79. The number of hydrogen-bond donors (Lipinski definition) is 2. The van der Waals surface area contributed by atoms with Crippen LogP contribution in [0, 0.1) is 0 Å². The van der Waals surface area contributed by atoms with Gasteiger partial charge in [0.2, 0.25) is 0 Å². The topological polar surface area (TPSA) is 65.8 Å². The summed E-state index contributed by atoms with van der Waals surface area (Å²) in [6, 6.07) is 6.01. The predicted octanol–water partition coefficient (Wildman–Crippen LogP) is -1.15. The minimum absolute atomic E-state index is 0.436. The van der Waals surface area contributed by atoms with E-state index < -0.39 is 0 Å². The number of thioether (sulfide) groups is 1. The third-order valence-corrected chi connectivity index (χ3v) is 2.16. The van der Waals surface area contributed by atoms with Gasteiger partial charge >= 0.3 is 0 Å². The highest BCUT2D eigenvalue weighted by Crippen LogP contribution is 1.99. The smallest absolute Gasteiger partial charge is 0.282 e. The number of aryl methyl sites for hydroxylation is 1. The van der Waals surface area contributed by atoms with Gasteiger partial charge in [0.15, 0.2) is 11.9 Å². The molecule has 0 spiro atoms. The van der Waals surface area contributed by atoms with Crippen molar-refractivity contribution in [2.45, 2.75) is 6.42 Å². The number of nitrogens with one attached hydrogen (secondary N) is 1. The van der Waals surface area contributed by atoms with Gasteiger partial charge in [-0.2, -0.15) is 0 Å². The van der Waals surface area contributed by atoms with Crippen molar-refractivity contribution in [3.63, 3.8) is 0 Å². The van der Waals surface area contributed by atoms with E-state index in [4.69, 9.17) is 11.1 Å². The Labute approximate surface area is 75.9 Å². The van der Waals surface area contributed by atoms with Crippen LogP contribution < -0.4 is 16.1 Å². The van der Waals surface area contributed by atoms with E-state index >= 15 is 0 Å². The van der Waals surface area contributed by atoms with Crippen LogP contribution in [0.25, 0.3) is 0 Å². The molecule has 1 heterocycles. The number of hydrogen-bond acceptors (Lipinski definition) is 1. The van der Waals surface area contributed by atoms with E-state index in [0.717, 1.165) is 12.2 Å². The second-order valence-corrected chi connectivity index (χ2v) is 3.56. The number of rotatable bonds is 3. The first-order valence-corrected chi connectivity index (χ1v) is 4.74. The number of pyridine rings is 1. The maximum absolute atomic E-state index is 5.30. The third-order valence-electron chi connectivity index (χ3n) is 1.41. The summed E-state index contributed by atoms with van der Waals surface area (Å²) in [6.07, 6.45) is 2.87. The molecule has 0 saturated carbocycles. The molecule has 3 nitrogen and oxygen atoms in total. The Kier molecular flexibility index (Phi) is 3.60. The van der Waals surface area contributed by atoms with Crippen molar-refractivity contribution in [3.8, 4) is 0 Å². The third kappa shape index (κ3) is 3.39. The second kappa shape index (κ2) is 4.77. The van der Waals surface area contributed by atoms with E-state index in [9.17, 15) is 0 Å². The van der Waals surface area contributed by atoms with Crippen LogP contribution in [0.2, 0.25) is 0 Å². The van der Waals surface area contributed by atoms with E-state index in [1.54, 1.807) is 0 Å². The molecule has 5 N–H and O–H groups in total. The van der Waals surface area contributed by atoms with Crippen LogP contribution in [-0.4, -0.2) is 10.9 Å². The standard InChI is InChI=1S/C8H11N3S/c9-8(10)12-6-4-7-3-1-2-5-11-7/h1-3,5H,4,6H2,(H3,9,10)/p+2. The Morgan fingerprint density at radius 1 is 1.58 bits per heavy atom. The molecule has 64 valence electrons. The van der Waals surface area contributed by atoms with Crippen LogP contribution in [0.15, 0.2) is 24.4 Å². The Bertz CT molecular complexity index is 248. The second-order valence-electron chi connectivity index (χ2n) is 2.39. The molecule has 1 aromatic heterocycles. The zero-order valence-electron chi connectivity index (χ0n) is 6.79. The highest BCUT2D eigenvalue weighted by molar-refractivity contribution is 8.13. The SMILES string of the molecule is NC(=[NH2+])SCCc1cccc[nH+]1.